The molecule has 6 atom stereocenters. The maximum atomic E-state index is 13.0. The highest BCUT2D eigenvalue weighted by Gasteiger charge is 2.30. The first-order valence-electron chi connectivity index (χ1n) is 37.2. The molecule has 3 unspecified atom stereocenters. The average Bonchev–Trinajstić information content (AvgIpc) is 3.71. The standard InChI is InChI=1S/C72H140O17P2/c1-9-65(8)51-43-35-26-20-18-16-14-12-10-11-13-15-17-19-21-27-38-46-54-71(76)88-67(58-82-69(74)52-44-36-28-22-24-32-40-48-62(2)3)60-86-90(78,79)84-56-66(73)57-85-91(80,81)87-61-68(59-83-70(75)53-45-37-31-30-34-42-50-64(6)7)89-72(77)55-47-39-29-23-25-33-41-49-63(4)5/h62-68,73H,9-61H2,1-8H3,(H,78,79)(H,80,81)/t65?,66-,67-,68-/m1/s1. The van der Waals surface area contributed by atoms with E-state index in [1.54, 1.807) is 0 Å². The Hall–Kier alpha value is -1.94. The Morgan fingerprint density at radius 2 is 0.527 bits per heavy atom. The summed E-state index contributed by atoms with van der Waals surface area (Å²) in [6.07, 6.45) is 44.9. The number of carbonyl (C=O) groups is 4. The zero-order valence-electron chi connectivity index (χ0n) is 59.5. The average molecular weight is 1340 g/mol. The fourth-order valence-electron chi connectivity index (χ4n) is 10.8. The molecule has 540 valence electrons. The Morgan fingerprint density at radius 1 is 0.308 bits per heavy atom. The molecule has 0 aromatic heterocycles. The van der Waals surface area contributed by atoms with E-state index >= 15 is 0 Å². The van der Waals surface area contributed by atoms with Gasteiger partial charge in [-0.1, -0.05) is 306 Å². The quantitative estimate of drug-likeness (QED) is 0.0222. The lowest BCUT2D eigenvalue weighted by molar-refractivity contribution is -0.161. The molecule has 0 aliphatic heterocycles. The molecular weight excluding hydrogens is 1200 g/mol. The van der Waals surface area contributed by atoms with Crippen LogP contribution >= 0.6 is 15.6 Å². The van der Waals surface area contributed by atoms with Crippen molar-refractivity contribution in [2.24, 2.45) is 23.7 Å². The van der Waals surface area contributed by atoms with E-state index in [2.05, 4.69) is 55.4 Å². The van der Waals surface area contributed by atoms with Crippen LogP contribution in [0.1, 0.15) is 357 Å². The van der Waals surface area contributed by atoms with E-state index in [0.29, 0.717) is 43.4 Å². The van der Waals surface area contributed by atoms with Crippen molar-refractivity contribution in [2.45, 2.75) is 375 Å². The van der Waals surface area contributed by atoms with Gasteiger partial charge in [0.15, 0.2) is 12.2 Å². The van der Waals surface area contributed by atoms with Gasteiger partial charge >= 0.3 is 39.5 Å². The molecule has 0 spiro atoms. The first-order valence-corrected chi connectivity index (χ1v) is 40.2. The predicted octanol–water partition coefficient (Wildman–Crippen LogP) is 20.5. The van der Waals surface area contributed by atoms with Gasteiger partial charge in [0.1, 0.15) is 19.3 Å². The molecule has 0 amide bonds. The summed E-state index contributed by atoms with van der Waals surface area (Å²) in [5.41, 5.74) is 0. The lowest BCUT2D eigenvalue weighted by Gasteiger charge is -2.21. The number of aliphatic hydroxyl groups is 1. The van der Waals surface area contributed by atoms with Gasteiger partial charge < -0.3 is 33.8 Å². The number of ether oxygens (including phenoxy) is 4. The minimum atomic E-state index is -4.95. The lowest BCUT2D eigenvalue weighted by Crippen LogP contribution is -2.30. The highest BCUT2D eigenvalue weighted by atomic mass is 31.2. The molecule has 0 saturated carbocycles. The number of rotatable bonds is 69. The molecule has 0 rings (SSSR count). The topological polar surface area (TPSA) is 237 Å². The van der Waals surface area contributed by atoms with Gasteiger partial charge in [0.05, 0.1) is 26.4 Å². The van der Waals surface area contributed by atoms with Crippen LogP contribution in [0.15, 0.2) is 0 Å². The van der Waals surface area contributed by atoms with E-state index < -0.39 is 97.5 Å². The fraction of sp³-hybridized carbons (Fsp3) is 0.944. The summed E-state index contributed by atoms with van der Waals surface area (Å²) in [7, 11) is -9.90. The SMILES string of the molecule is CCC(C)CCCCCCCCCCCCCCCCCCCCC(=O)O[C@H](COC(=O)CCCCCCCCCC(C)C)COP(=O)(O)OC[C@@H](O)COP(=O)(O)OC[C@@H](COC(=O)CCCCCCCCC(C)C)OC(=O)CCCCCCCCCC(C)C. The van der Waals surface area contributed by atoms with Gasteiger partial charge in [0.2, 0.25) is 0 Å². The van der Waals surface area contributed by atoms with Gasteiger partial charge in [0, 0.05) is 25.7 Å². The minimum absolute atomic E-state index is 0.102. The summed E-state index contributed by atoms with van der Waals surface area (Å²) in [4.78, 5) is 72.4. The van der Waals surface area contributed by atoms with Crippen LogP contribution in [0.3, 0.4) is 0 Å². The van der Waals surface area contributed by atoms with Crippen molar-refractivity contribution in [2.75, 3.05) is 39.6 Å². The zero-order valence-corrected chi connectivity index (χ0v) is 61.3. The van der Waals surface area contributed by atoms with E-state index in [0.717, 1.165) is 109 Å². The third-order valence-electron chi connectivity index (χ3n) is 16.9. The molecule has 0 fully saturated rings. The summed E-state index contributed by atoms with van der Waals surface area (Å²) in [6, 6.07) is 0. The molecule has 0 aliphatic rings. The maximum absolute atomic E-state index is 13.0. The molecule has 3 N–H and O–H groups in total. The van der Waals surface area contributed by atoms with E-state index in [1.807, 2.05) is 0 Å². The summed E-state index contributed by atoms with van der Waals surface area (Å²) in [5.74, 6) is 0.818. The highest BCUT2D eigenvalue weighted by Crippen LogP contribution is 2.45. The van der Waals surface area contributed by atoms with Crippen molar-refractivity contribution in [1.29, 1.82) is 0 Å². The summed E-state index contributed by atoms with van der Waals surface area (Å²) < 4.78 is 68.2. The molecule has 17 nitrogen and oxygen atoms in total. The third-order valence-corrected chi connectivity index (χ3v) is 18.8. The highest BCUT2D eigenvalue weighted by molar-refractivity contribution is 7.47. The first-order chi connectivity index (χ1) is 43.6. The van der Waals surface area contributed by atoms with Crippen molar-refractivity contribution in [1.82, 2.24) is 0 Å². The second kappa shape index (κ2) is 61.6. The Morgan fingerprint density at radius 3 is 0.780 bits per heavy atom. The molecule has 0 heterocycles. The van der Waals surface area contributed by atoms with Crippen LogP contribution in [0, 0.1) is 23.7 Å². The van der Waals surface area contributed by atoms with Crippen LogP contribution in [0.25, 0.3) is 0 Å². The lowest BCUT2D eigenvalue weighted by atomic mass is 9.99. The van der Waals surface area contributed by atoms with E-state index in [1.165, 1.54) is 148 Å². The van der Waals surface area contributed by atoms with Gasteiger partial charge in [0.25, 0.3) is 0 Å². The molecule has 0 aliphatic carbocycles. The number of unbranched alkanes of at least 4 members (excludes halogenated alkanes) is 34. The number of hydrogen-bond donors (Lipinski definition) is 3. The van der Waals surface area contributed by atoms with Gasteiger partial charge in [-0.2, -0.15) is 0 Å². The largest absolute Gasteiger partial charge is 0.472 e. The van der Waals surface area contributed by atoms with Crippen molar-refractivity contribution in [3.05, 3.63) is 0 Å². The first kappa shape index (κ1) is 89.1. The molecule has 19 heteroatoms. The maximum Gasteiger partial charge on any atom is 0.472 e. The fourth-order valence-corrected chi connectivity index (χ4v) is 12.4. The molecule has 0 aromatic carbocycles. The Bertz CT molecular complexity index is 1800. The summed E-state index contributed by atoms with van der Waals surface area (Å²) >= 11 is 0. The van der Waals surface area contributed by atoms with Crippen LogP contribution in [0.5, 0.6) is 0 Å². The van der Waals surface area contributed by atoms with E-state index in [-0.39, 0.29) is 25.7 Å². The Labute approximate surface area is 556 Å². The van der Waals surface area contributed by atoms with Crippen LogP contribution in [0.2, 0.25) is 0 Å². The predicted molar refractivity (Wildman–Crippen MR) is 367 cm³/mol. The van der Waals surface area contributed by atoms with Gasteiger partial charge in [-0.05, 0) is 49.4 Å². The molecule has 0 saturated heterocycles. The summed E-state index contributed by atoms with van der Waals surface area (Å²) in [5, 5.41) is 10.6. The number of phosphoric acid groups is 2. The van der Waals surface area contributed by atoms with Crippen LogP contribution in [-0.2, 0) is 65.4 Å². The Balaban J connectivity index is 5.13. The van der Waals surface area contributed by atoms with Crippen molar-refractivity contribution in [3.63, 3.8) is 0 Å². The zero-order chi connectivity index (χ0) is 67.5. The van der Waals surface area contributed by atoms with Crippen molar-refractivity contribution < 1.29 is 80.2 Å². The molecule has 0 aromatic rings. The number of carbonyl (C=O) groups excluding carboxylic acids is 4. The van der Waals surface area contributed by atoms with Crippen LogP contribution in [0.4, 0.5) is 0 Å². The van der Waals surface area contributed by atoms with Gasteiger partial charge in [-0.25, -0.2) is 9.13 Å². The van der Waals surface area contributed by atoms with Gasteiger partial charge in [-0.3, -0.25) is 37.3 Å². The van der Waals surface area contributed by atoms with Crippen LogP contribution in [-0.4, -0.2) is 96.7 Å². The van der Waals surface area contributed by atoms with E-state index in [4.69, 9.17) is 37.0 Å². The third kappa shape index (κ3) is 65.1. The Kier molecular flexibility index (Phi) is 60.3. The minimum Gasteiger partial charge on any atom is -0.462 e. The summed E-state index contributed by atoms with van der Waals surface area (Å²) in [6.45, 7) is 14.0. The smallest absolute Gasteiger partial charge is 0.462 e. The number of esters is 4. The van der Waals surface area contributed by atoms with Gasteiger partial charge in [-0.15, -0.1) is 0 Å². The normalized spacial score (nSPS) is 14.5. The second-order valence-electron chi connectivity index (χ2n) is 27.6. The van der Waals surface area contributed by atoms with Crippen molar-refractivity contribution in [3.8, 4) is 0 Å². The monoisotopic (exact) mass is 1340 g/mol. The molecule has 91 heavy (non-hydrogen) atoms. The number of hydrogen-bond acceptors (Lipinski definition) is 15. The molecule has 0 bridgehead atoms. The number of phosphoric ester groups is 2. The van der Waals surface area contributed by atoms with E-state index in [9.17, 15) is 43.2 Å². The molecular formula is C72H140O17P2. The van der Waals surface area contributed by atoms with Crippen molar-refractivity contribution >= 4 is 39.5 Å². The second-order valence-corrected chi connectivity index (χ2v) is 30.6. The number of aliphatic hydroxyl groups excluding tert-OH is 1. The molecule has 0 radical (unpaired) electrons. The van der Waals surface area contributed by atoms with Crippen LogP contribution < -0.4 is 0 Å².